The Balaban J connectivity index is 1.93. The van der Waals surface area contributed by atoms with Crippen LogP contribution < -0.4 is 5.32 Å². The Morgan fingerprint density at radius 3 is 2.74 bits per heavy atom. The minimum atomic E-state index is -1.14. The highest BCUT2D eigenvalue weighted by atomic mass is 16.5. The number of ether oxygens (including phenoxy) is 1. The van der Waals surface area contributed by atoms with Crippen molar-refractivity contribution < 1.29 is 19.4 Å². The summed E-state index contributed by atoms with van der Waals surface area (Å²) >= 11 is 0. The summed E-state index contributed by atoms with van der Waals surface area (Å²) in [6.45, 7) is 2.85. The van der Waals surface area contributed by atoms with E-state index < -0.39 is 5.97 Å². The van der Waals surface area contributed by atoms with Crippen LogP contribution in [0, 0.1) is 6.92 Å². The summed E-state index contributed by atoms with van der Waals surface area (Å²) in [5, 5.41) is 18.9. The summed E-state index contributed by atoms with van der Waals surface area (Å²) in [6, 6.07) is 0.115. The van der Waals surface area contributed by atoms with Crippen molar-refractivity contribution in [1.29, 1.82) is 0 Å². The Hall–Kier alpha value is -1.96. The van der Waals surface area contributed by atoms with E-state index in [1.165, 1.54) is 4.68 Å². The molecule has 0 aromatic carbocycles. The molecule has 0 aliphatic carbocycles. The van der Waals surface area contributed by atoms with Gasteiger partial charge >= 0.3 is 5.97 Å². The Bertz CT molecular complexity index is 479. The predicted octanol–water partition coefficient (Wildman–Crippen LogP) is -0.420. The highest BCUT2D eigenvalue weighted by molar-refractivity contribution is 5.86. The lowest BCUT2D eigenvalue weighted by molar-refractivity contribution is -0.123. The molecule has 104 valence electrons. The van der Waals surface area contributed by atoms with Crippen LogP contribution in [0.4, 0.5) is 0 Å². The molecule has 0 bridgehead atoms. The monoisotopic (exact) mass is 268 g/mol. The minimum absolute atomic E-state index is 0.0243. The van der Waals surface area contributed by atoms with Gasteiger partial charge in [0.2, 0.25) is 5.91 Å². The molecule has 8 heteroatoms. The lowest BCUT2D eigenvalue weighted by Gasteiger charge is -2.23. The van der Waals surface area contributed by atoms with Gasteiger partial charge in [0.25, 0.3) is 0 Å². The molecular formula is C11H16N4O4. The minimum Gasteiger partial charge on any atom is -0.476 e. The van der Waals surface area contributed by atoms with Crippen LogP contribution in [0.2, 0.25) is 0 Å². The summed E-state index contributed by atoms with van der Waals surface area (Å²) in [6.07, 6.45) is 1.59. The summed E-state index contributed by atoms with van der Waals surface area (Å²) in [5.41, 5.74) is 0.244. The summed E-state index contributed by atoms with van der Waals surface area (Å²) < 4.78 is 6.49. The van der Waals surface area contributed by atoms with Crippen LogP contribution in [-0.4, -0.2) is 51.2 Å². The van der Waals surface area contributed by atoms with Crippen LogP contribution in [0.3, 0.4) is 0 Å². The molecular weight excluding hydrogens is 252 g/mol. The van der Waals surface area contributed by atoms with Gasteiger partial charge in [-0.2, -0.15) is 0 Å². The van der Waals surface area contributed by atoms with Crippen LogP contribution in [0.15, 0.2) is 0 Å². The molecule has 2 heterocycles. The molecule has 0 unspecified atom stereocenters. The predicted molar refractivity (Wildman–Crippen MR) is 63.7 cm³/mol. The van der Waals surface area contributed by atoms with Crippen molar-refractivity contribution in [2.24, 2.45) is 0 Å². The number of aromatic carboxylic acids is 1. The first-order valence-electron chi connectivity index (χ1n) is 6.08. The van der Waals surface area contributed by atoms with Gasteiger partial charge < -0.3 is 15.2 Å². The zero-order valence-electron chi connectivity index (χ0n) is 10.6. The fourth-order valence-corrected chi connectivity index (χ4v) is 1.96. The van der Waals surface area contributed by atoms with Gasteiger partial charge in [0, 0.05) is 19.3 Å². The number of carbonyl (C=O) groups is 2. The zero-order valence-corrected chi connectivity index (χ0v) is 10.6. The van der Waals surface area contributed by atoms with Gasteiger partial charge in [-0.3, -0.25) is 4.79 Å². The summed E-state index contributed by atoms with van der Waals surface area (Å²) in [7, 11) is 0. The molecule has 19 heavy (non-hydrogen) atoms. The zero-order chi connectivity index (χ0) is 13.8. The molecule has 1 saturated heterocycles. The largest absolute Gasteiger partial charge is 0.476 e. The number of hydrogen-bond acceptors (Lipinski definition) is 5. The van der Waals surface area contributed by atoms with E-state index in [4.69, 9.17) is 9.84 Å². The Morgan fingerprint density at radius 1 is 1.47 bits per heavy atom. The third kappa shape index (κ3) is 3.28. The highest BCUT2D eigenvalue weighted by Crippen LogP contribution is 2.07. The molecule has 2 N–H and O–H groups in total. The molecule has 1 aromatic rings. The maximum Gasteiger partial charge on any atom is 0.358 e. The van der Waals surface area contributed by atoms with E-state index in [0.29, 0.717) is 18.9 Å². The van der Waals surface area contributed by atoms with Crippen molar-refractivity contribution in [2.45, 2.75) is 32.4 Å². The highest BCUT2D eigenvalue weighted by Gasteiger charge is 2.19. The van der Waals surface area contributed by atoms with Crippen molar-refractivity contribution in [3.8, 4) is 0 Å². The molecule has 1 fully saturated rings. The number of carboxylic acid groups (broad SMARTS) is 1. The first-order valence-corrected chi connectivity index (χ1v) is 6.08. The third-order valence-corrected chi connectivity index (χ3v) is 3.06. The van der Waals surface area contributed by atoms with Crippen molar-refractivity contribution in [3.63, 3.8) is 0 Å². The van der Waals surface area contributed by atoms with Crippen LogP contribution in [0.5, 0.6) is 0 Å². The fourth-order valence-electron chi connectivity index (χ4n) is 1.96. The van der Waals surface area contributed by atoms with Gasteiger partial charge in [-0.1, -0.05) is 5.21 Å². The van der Waals surface area contributed by atoms with Gasteiger partial charge in [-0.25, -0.2) is 9.48 Å². The summed E-state index contributed by atoms with van der Waals surface area (Å²) in [5.74, 6) is -1.34. The second kappa shape index (κ2) is 5.79. The fraction of sp³-hybridized carbons (Fsp3) is 0.636. The van der Waals surface area contributed by atoms with E-state index in [-0.39, 0.29) is 24.2 Å². The molecule has 0 radical (unpaired) electrons. The second-order valence-electron chi connectivity index (χ2n) is 4.44. The topological polar surface area (TPSA) is 106 Å². The first kappa shape index (κ1) is 13.5. The molecule has 0 atom stereocenters. The number of carboxylic acids is 1. The van der Waals surface area contributed by atoms with Crippen molar-refractivity contribution in [2.75, 3.05) is 13.2 Å². The first-order chi connectivity index (χ1) is 9.08. The van der Waals surface area contributed by atoms with Gasteiger partial charge in [-0.05, 0) is 19.8 Å². The third-order valence-electron chi connectivity index (χ3n) is 3.06. The average molecular weight is 268 g/mol. The number of carbonyl (C=O) groups excluding carboxylic acids is 1. The van der Waals surface area contributed by atoms with Crippen molar-refractivity contribution in [3.05, 3.63) is 11.4 Å². The van der Waals surface area contributed by atoms with Gasteiger partial charge in [0.05, 0.1) is 5.69 Å². The van der Waals surface area contributed by atoms with E-state index in [1.54, 1.807) is 6.92 Å². The van der Waals surface area contributed by atoms with Crippen LogP contribution in [-0.2, 0) is 16.1 Å². The standard InChI is InChI=1S/C11H16N4O4/c1-7-10(11(17)18)13-14-15(7)6-9(16)12-8-2-4-19-5-3-8/h8H,2-6H2,1H3,(H,12,16)(H,17,18). The van der Waals surface area contributed by atoms with Crippen LogP contribution >= 0.6 is 0 Å². The lowest BCUT2D eigenvalue weighted by atomic mass is 10.1. The van der Waals surface area contributed by atoms with Gasteiger partial charge in [0.15, 0.2) is 5.69 Å². The van der Waals surface area contributed by atoms with E-state index >= 15 is 0 Å². The maximum atomic E-state index is 11.8. The SMILES string of the molecule is Cc1c(C(=O)O)nnn1CC(=O)NC1CCOCC1. The molecule has 8 nitrogen and oxygen atoms in total. The van der Waals surface area contributed by atoms with Crippen molar-refractivity contribution >= 4 is 11.9 Å². The number of rotatable bonds is 4. The molecule has 1 aromatic heterocycles. The molecule has 1 aliphatic heterocycles. The Morgan fingerprint density at radius 2 is 2.16 bits per heavy atom. The molecule has 0 spiro atoms. The quantitative estimate of drug-likeness (QED) is 0.768. The number of amides is 1. The number of nitrogens with zero attached hydrogens (tertiary/aromatic N) is 3. The smallest absolute Gasteiger partial charge is 0.358 e. The molecule has 1 amide bonds. The van der Waals surface area contributed by atoms with E-state index in [1.807, 2.05) is 0 Å². The van der Waals surface area contributed by atoms with Gasteiger partial charge in [-0.15, -0.1) is 5.10 Å². The second-order valence-corrected chi connectivity index (χ2v) is 4.44. The lowest BCUT2D eigenvalue weighted by Crippen LogP contribution is -2.40. The Labute approximate surface area is 109 Å². The van der Waals surface area contributed by atoms with Gasteiger partial charge in [0.1, 0.15) is 6.54 Å². The molecule has 0 saturated carbocycles. The van der Waals surface area contributed by atoms with E-state index in [2.05, 4.69) is 15.6 Å². The van der Waals surface area contributed by atoms with E-state index in [0.717, 1.165) is 12.8 Å². The number of nitrogens with one attached hydrogen (secondary N) is 1. The van der Waals surface area contributed by atoms with Crippen molar-refractivity contribution in [1.82, 2.24) is 20.3 Å². The van der Waals surface area contributed by atoms with Crippen LogP contribution in [0.1, 0.15) is 29.0 Å². The average Bonchev–Trinajstić information content (AvgIpc) is 2.72. The Kier molecular flexibility index (Phi) is 4.10. The van der Waals surface area contributed by atoms with Crippen LogP contribution in [0.25, 0.3) is 0 Å². The van der Waals surface area contributed by atoms with E-state index in [9.17, 15) is 9.59 Å². The summed E-state index contributed by atoms with van der Waals surface area (Å²) in [4.78, 5) is 22.6. The molecule has 1 aliphatic rings. The number of hydrogen-bond donors (Lipinski definition) is 2. The normalized spacial score (nSPS) is 16.3. The number of aromatic nitrogens is 3. The maximum absolute atomic E-state index is 11.8. The molecule has 2 rings (SSSR count).